The second-order valence-electron chi connectivity index (χ2n) is 17.4. The number of rotatable bonds is 4. The number of benzene rings is 2. The van der Waals surface area contributed by atoms with Crippen molar-refractivity contribution in [2.24, 2.45) is 0 Å². The minimum absolute atomic E-state index is 0.0239. The van der Waals surface area contributed by atoms with Crippen molar-refractivity contribution >= 4 is 5.43 Å². The minimum atomic E-state index is 0.0239. The number of hydrogen-bond acceptors (Lipinski definition) is 2. The van der Waals surface area contributed by atoms with Crippen LogP contribution in [0.3, 0.4) is 0 Å². The van der Waals surface area contributed by atoms with Gasteiger partial charge >= 0.3 is 41.9 Å². The Hall–Kier alpha value is -2.16. The van der Waals surface area contributed by atoms with Gasteiger partial charge in [0, 0.05) is 0 Å². The summed E-state index contributed by atoms with van der Waals surface area (Å²) in [5.74, 6) is 0.793. The summed E-state index contributed by atoms with van der Waals surface area (Å²) in [4.78, 5) is 0. The fourth-order valence-corrected chi connectivity index (χ4v) is 4.88. The fraction of sp³-hybridized carbons (Fsp3) is 0.522. The predicted molar refractivity (Wildman–Crippen MR) is 221 cm³/mol. The molecule has 0 aliphatic rings. The van der Waals surface area contributed by atoms with Crippen molar-refractivity contribution in [1.82, 2.24) is 0 Å². The van der Waals surface area contributed by atoms with E-state index in [1.165, 1.54) is 46.2 Å². The zero-order chi connectivity index (χ0) is 39.3. The zero-order valence-corrected chi connectivity index (χ0v) is 38.7. The van der Waals surface area contributed by atoms with Crippen molar-refractivity contribution in [2.45, 2.75) is 158 Å². The average Bonchev–Trinajstić information content (AvgIpc) is 3.64. The van der Waals surface area contributed by atoms with Gasteiger partial charge < -0.3 is 10.2 Å². The Bertz CT molecular complexity index is 1470. The molecule has 4 aromatic rings. The third kappa shape index (κ3) is 17.9. The normalized spacial score (nSPS) is 11.4. The Balaban J connectivity index is 0.000000618. The molecule has 276 valence electrons. The van der Waals surface area contributed by atoms with Gasteiger partial charge in [0.2, 0.25) is 0 Å². The second kappa shape index (κ2) is 20.8. The molecule has 0 amide bonds. The molecule has 0 saturated carbocycles. The van der Waals surface area contributed by atoms with Crippen LogP contribution in [-0.4, -0.2) is 15.6 Å². The molecule has 2 N–H and O–H groups in total. The van der Waals surface area contributed by atoms with E-state index in [4.69, 9.17) is 0 Å². The standard InChI is InChI=1S/2C11H16O.2C11H17.C2H6Si.Zr/c2*1-8-5-6-10(12)9(7-8)11(2,3)4;2*1-5-11(3,4)10-7-6-9(2)8-10;1-3-2;/h2*5-7,12H,1-4H3;2*6-8H,5H2,1-4H3;1-2H3;/q;;2*-1;;+2. The Kier molecular flexibility index (Phi) is 19.9. The van der Waals surface area contributed by atoms with Crippen molar-refractivity contribution in [3.05, 3.63) is 117 Å². The third-order valence-electron chi connectivity index (χ3n) is 9.07. The maximum absolute atomic E-state index is 9.57. The molecule has 0 radical (unpaired) electrons. The summed E-state index contributed by atoms with van der Waals surface area (Å²) in [5.41, 5.74) is 11.1. The molecule has 4 aromatic carbocycles. The Labute approximate surface area is 324 Å². The van der Waals surface area contributed by atoms with E-state index in [1.807, 2.05) is 38.1 Å². The molecule has 0 bridgehead atoms. The van der Waals surface area contributed by atoms with Crippen LogP contribution < -0.4 is 0 Å². The van der Waals surface area contributed by atoms with Gasteiger partial charge in [0.25, 0.3) is 0 Å². The molecule has 0 spiro atoms. The molecule has 4 heteroatoms. The molecule has 0 atom stereocenters. The van der Waals surface area contributed by atoms with Crippen molar-refractivity contribution in [1.29, 1.82) is 0 Å². The Morgan fingerprint density at radius 2 is 0.840 bits per heavy atom. The largest absolute Gasteiger partial charge is 0.508 e. The van der Waals surface area contributed by atoms with Crippen LogP contribution in [-0.2, 0) is 45.0 Å². The van der Waals surface area contributed by atoms with Crippen LogP contribution in [0.25, 0.3) is 0 Å². The van der Waals surface area contributed by atoms with E-state index in [2.05, 4.69) is 146 Å². The van der Waals surface area contributed by atoms with E-state index < -0.39 is 0 Å². The van der Waals surface area contributed by atoms with Gasteiger partial charge in [0.05, 0.1) is 0 Å². The molecule has 2 nitrogen and oxygen atoms in total. The quantitative estimate of drug-likeness (QED) is 0.160. The monoisotopic (exact) mass is 774 g/mol. The molecule has 50 heavy (non-hydrogen) atoms. The van der Waals surface area contributed by atoms with Crippen LogP contribution in [0, 0.1) is 27.7 Å². The van der Waals surface area contributed by atoms with Crippen LogP contribution in [0.5, 0.6) is 11.5 Å². The van der Waals surface area contributed by atoms with Crippen LogP contribution in [0.1, 0.15) is 140 Å². The SMILES string of the molecule is CCC(C)(C)c1c[cH-]c(C)c1.CCC(C)(C)c1c[cH-]c(C)c1.C[Si](C)=[Zr+2].Cc1ccc(O)c(C(C)(C)C)c1.Cc1ccc(O)c(C(C)(C)C)c1. The number of aromatic hydroxyl groups is 2. The van der Waals surface area contributed by atoms with Crippen molar-refractivity contribution in [3.8, 4) is 11.5 Å². The zero-order valence-electron chi connectivity index (χ0n) is 35.2. The first kappa shape index (κ1) is 47.8. The summed E-state index contributed by atoms with van der Waals surface area (Å²) in [5, 5.41) is 19.1. The molecule has 0 unspecified atom stereocenters. The average molecular weight is 776 g/mol. The summed E-state index contributed by atoms with van der Waals surface area (Å²) in [6.45, 7) is 39.2. The molecule has 4 rings (SSSR count). The van der Waals surface area contributed by atoms with E-state index in [-0.39, 0.29) is 16.3 Å². The van der Waals surface area contributed by atoms with Gasteiger partial charge in [0.1, 0.15) is 11.5 Å². The molecular formula is C46H72O2SiZr. The summed E-state index contributed by atoms with van der Waals surface area (Å²) in [7, 11) is 0. The molecule has 0 aliphatic heterocycles. The van der Waals surface area contributed by atoms with Crippen LogP contribution in [0.2, 0.25) is 13.1 Å². The smallest absolute Gasteiger partial charge is 0.119 e. The summed E-state index contributed by atoms with van der Waals surface area (Å²) >= 11 is 1.74. The summed E-state index contributed by atoms with van der Waals surface area (Å²) in [6.07, 6.45) is 2.41. The first-order valence-corrected chi connectivity index (χ1v) is 24.5. The van der Waals surface area contributed by atoms with E-state index >= 15 is 0 Å². The predicted octanol–water partition coefficient (Wildman–Crippen LogP) is 13.6. The van der Waals surface area contributed by atoms with E-state index in [0.29, 0.717) is 22.3 Å². The maximum Gasteiger partial charge on any atom is 0.119 e. The van der Waals surface area contributed by atoms with Gasteiger partial charge in [-0.25, -0.2) is 12.1 Å². The van der Waals surface area contributed by atoms with E-state index in [0.717, 1.165) is 11.1 Å². The number of hydrogen-bond donors (Lipinski definition) is 2. The fourth-order valence-electron chi connectivity index (χ4n) is 4.88. The van der Waals surface area contributed by atoms with Gasteiger partial charge in [-0.3, -0.25) is 0 Å². The summed E-state index contributed by atoms with van der Waals surface area (Å²) < 4.78 is 0. The van der Waals surface area contributed by atoms with E-state index in [1.54, 1.807) is 35.5 Å². The third-order valence-corrected chi connectivity index (χ3v) is 9.07. The second-order valence-corrected chi connectivity index (χ2v) is 26.7. The number of aryl methyl sites for hydroxylation is 4. The van der Waals surface area contributed by atoms with Gasteiger partial charge in [-0.2, -0.15) is 46.5 Å². The van der Waals surface area contributed by atoms with Crippen molar-refractivity contribution in [3.63, 3.8) is 0 Å². The molecule has 0 aromatic heterocycles. The Morgan fingerprint density at radius 3 is 1.02 bits per heavy atom. The van der Waals surface area contributed by atoms with Crippen LogP contribution in [0.15, 0.2) is 72.8 Å². The molecule has 0 aliphatic carbocycles. The number of phenolic OH excluding ortho intramolecular Hbond substituents is 2. The van der Waals surface area contributed by atoms with Gasteiger partial charge in [0.15, 0.2) is 0 Å². The first-order valence-electron chi connectivity index (χ1n) is 18.3. The minimum Gasteiger partial charge on any atom is -0.508 e. The maximum atomic E-state index is 9.57. The molecular weight excluding hydrogens is 704 g/mol. The number of phenols is 2. The van der Waals surface area contributed by atoms with Gasteiger partial charge in [-0.15, -0.1) is 0 Å². The van der Waals surface area contributed by atoms with Crippen molar-refractivity contribution < 1.29 is 33.5 Å². The van der Waals surface area contributed by atoms with Gasteiger partial charge in [-0.05, 0) is 47.9 Å². The van der Waals surface area contributed by atoms with Crippen molar-refractivity contribution in [2.75, 3.05) is 0 Å². The van der Waals surface area contributed by atoms with Crippen LogP contribution in [0.4, 0.5) is 0 Å². The Morgan fingerprint density at radius 1 is 0.560 bits per heavy atom. The molecule has 0 saturated heterocycles. The topological polar surface area (TPSA) is 40.5 Å². The van der Waals surface area contributed by atoms with E-state index in [9.17, 15) is 10.2 Å². The molecule has 0 heterocycles. The van der Waals surface area contributed by atoms with Gasteiger partial charge in [-0.1, -0.05) is 156 Å². The summed E-state index contributed by atoms with van der Waals surface area (Å²) in [6, 6.07) is 24.8. The molecule has 0 fully saturated rings. The first-order chi connectivity index (χ1) is 22.7. The van der Waals surface area contributed by atoms with Crippen LogP contribution >= 0.6 is 0 Å².